The minimum Gasteiger partial charge on any atom is -0.324 e. The van der Waals surface area contributed by atoms with E-state index in [1.165, 1.54) is 0 Å². The van der Waals surface area contributed by atoms with E-state index in [1.807, 2.05) is 31.2 Å². The molecule has 1 heterocycles. The zero-order valence-electron chi connectivity index (χ0n) is 14.7. The van der Waals surface area contributed by atoms with Crippen molar-refractivity contribution in [3.05, 3.63) is 64.2 Å². The van der Waals surface area contributed by atoms with Gasteiger partial charge in [0.25, 0.3) is 5.91 Å². The normalized spacial score (nSPS) is 20.7. The third-order valence-electron chi connectivity index (χ3n) is 5.19. The Morgan fingerprint density at radius 1 is 1.26 bits per heavy atom. The van der Waals surface area contributed by atoms with Crippen LogP contribution in [0.5, 0.6) is 0 Å². The van der Waals surface area contributed by atoms with E-state index in [9.17, 15) is 14.4 Å². The van der Waals surface area contributed by atoms with Crippen molar-refractivity contribution < 1.29 is 14.4 Å². The molecule has 0 radical (unpaired) electrons. The van der Waals surface area contributed by atoms with Crippen LogP contribution in [0.3, 0.4) is 0 Å². The largest absolute Gasteiger partial charge is 0.325 e. The summed E-state index contributed by atoms with van der Waals surface area (Å²) < 4.78 is 0. The highest BCUT2D eigenvalue weighted by Gasteiger charge is 2.55. The molecule has 1 atom stereocenters. The third-order valence-corrected chi connectivity index (χ3v) is 5.42. The third kappa shape index (κ3) is 2.86. The second kappa shape index (κ2) is 6.39. The van der Waals surface area contributed by atoms with Crippen LogP contribution in [0.2, 0.25) is 5.02 Å². The van der Waals surface area contributed by atoms with E-state index in [2.05, 4.69) is 10.6 Å². The summed E-state index contributed by atoms with van der Waals surface area (Å²) in [5.74, 6) is -0.812. The molecule has 4 rings (SSSR count). The van der Waals surface area contributed by atoms with Gasteiger partial charge >= 0.3 is 6.03 Å². The quantitative estimate of drug-likeness (QED) is 0.800. The van der Waals surface area contributed by atoms with Crippen molar-refractivity contribution in [1.29, 1.82) is 0 Å². The topological polar surface area (TPSA) is 78.5 Å². The number of anilines is 1. The predicted molar refractivity (Wildman–Crippen MR) is 102 cm³/mol. The first-order valence-corrected chi connectivity index (χ1v) is 9.07. The van der Waals surface area contributed by atoms with Gasteiger partial charge in [-0.1, -0.05) is 35.9 Å². The van der Waals surface area contributed by atoms with Gasteiger partial charge in [0, 0.05) is 10.7 Å². The number of rotatable bonds is 3. The number of fused-ring (bicyclic) bond motifs is 2. The van der Waals surface area contributed by atoms with Crippen molar-refractivity contribution in [1.82, 2.24) is 10.2 Å². The van der Waals surface area contributed by atoms with Crippen LogP contribution in [0.15, 0.2) is 42.5 Å². The standard InChI is InChI=1S/C20H18ClN3O3/c1-12-10-14(21)6-7-16(12)22-17(25)11-24-18(26)20(23-19(24)27)9-8-13-4-2-3-5-15(13)20/h2-7,10H,8-9,11H2,1H3,(H,22,25)(H,23,27)/t20-/m1/s1. The summed E-state index contributed by atoms with van der Waals surface area (Å²) >= 11 is 5.92. The zero-order chi connectivity index (χ0) is 19.2. The molecule has 1 aliphatic carbocycles. The molecule has 2 aliphatic rings. The Morgan fingerprint density at radius 3 is 2.81 bits per heavy atom. The summed E-state index contributed by atoms with van der Waals surface area (Å²) in [5, 5.41) is 6.12. The molecule has 7 heteroatoms. The second-order valence-corrected chi connectivity index (χ2v) is 7.33. The fraction of sp³-hybridized carbons (Fsp3) is 0.250. The predicted octanol–water partition coefficient (Wildman–Crippen LogP) is 2.98. The highest BCUT2D eigenvalue weighted by atomic mass is 35.5. The summed E-state index contributed by atoms with van der Waals surface area (Å²) in [5.41, 5.74) is 2.21. The molecule has 2 aromatic carbocycles. The molecule has 0 aromatic heterocycles. The Bertz CT molecular complexity index is 975. The van der Waals surface area contributed by atoms with Crippen LogP contribution in [0.1, 0.15) is 23.1 Å². The number of benzene rings is 2. The lowest BCUT2D eigenvalue weighted by atomic mass is 9.92. The fourth-order valence-electron chi connectivity index (χ4n) is 3.83. The molecule has 1 fully saturated rings. The van der Waals surface area contributed by atoms with Crippen molar-refractivity contribution in [3.8, 4) is 0 Å². The van der Waals surface area contributed by atoms with Crippen molar-refractivity contribution in [3.63, 3.8) is 0 Å². The van der Waals surface area contributed by atoms with Crippen LogP contribution in [-0.4, -0.2) is 29.3 Å². The van der Waals surface area contributed by atoms with E-state index in [0.717, 1.165) is 21.6 Å². The number of hydrogen-bond donors (Lipinski definition) is 2. The van der Waals surface area contributed by atoms with E-state index in [4.69, 9.17) is 11.6 Å². The molecule has 1 aliphatic heterocycles. The molecule has 27 heavy (non-hydrogen) atoms. The highest BCUT2D eigenvalue weighted by molar-refractivity contribution is 6.30. The Kier molecular flexibility index (Phi) is 4.15. The summed E-state index contributed by atoms with van der Waals surface area (Å²) in [6, 6.07) is 12.1. The van der Waals surface area contributed by atoms with Crippen LogP contribution < -0.4 is 10.6 Å². The van der Waals surface area contributed by atoms with Gasteiger partial charge in [-0.15, -0.1) is 0 Å². The maximum absolute atomic E-state index is 13.0. The first-order valence-electron chi connectivity index (χ1n) is 8.69. The summed E-state index contributed by atoms with van der Waals surface area (Å²) in [7, 11) is 0. The number of imide groups is 1. The first-order chi connectivity index (χ1) is 12.9. The van der Waals surface area contributed by atoms with Crippen LogP contribution in [0, 0.1) is 6.92 Å². The van der Waals surface area contributed by atoms with Crippen molar-refractivity contribution in [2.45, 2.75) is 25.3 Å². The Morgan fingerprint density at radius 2 is 2.04 bits per heavy atom. The highest BCUT2D eigenvalue weighted by Crippen LogP contribution is 2.41. The van der Waals surface area contributed by atoms with Crippen molar-refractivity contribution in [2.24, 2.45) is 0 Å². The molecular weight excluding hydrogens is 366 g/mol. The van der Waals surface area contributed by atoms with Crippen LogP contribution in [0.4, 0.5) is 10.5 Å². The van der Waals surface area contributed by atoms with Gasteiger partial charge in [-0.3, -0.25) is 14.5 Å². The average molecular weight is 384 g/mol. The second-order valence-electron chi connectivity index (χ2n) is 6.89. The van der Waals surface area contributed by atoms with Gasteiger partial charge in [0.2, 0.25) is 5.91 Å². The molecule has 138 valence electrons. The first kappa shape index (κ1) is 17.5. The number of amides is 4. The maximum Gasteiger partial charge on any atom is 0.325 e. The average Bonchev–Trinajstić information content (AvgIpc) is 3.11. The molecule has 2 N–H and O–H groups in total. The van der Waals surface area contributed by atoms with E-state index in [0.29, 0.717) is 23.6 Å². The number of nitrogens with one attached hydrogen (secondary N) is 2. The van der Waals surface area contributed by atoms with E-state index in [1.54, 1.807) is 18.2 Å². The molecule has 4 amide bonds. The van der Waals surface area contributed by atoms with Gasteiger partial charge in [-0.05, 0) is 54.7 Å². The van der Waals surface area contributed by atoms with Gasteiger partial charge in [-0.25, -0.2) is 4.79 Å². The molecule has 1 spiro atoms. The Balaban J connectivity index is 1.53. The molecule has 0 saturated carbocycles. The van der Waals surface area contributed by atoms with Gasteiger partial charge < -0.3 is 10.6 Å². The molecule has 0 bridgehead atoms. The summed E-state index contributed by atoms with van der Waals surface area (Å²) in [4.78, 5) is 38.9. The zero-order valence-corrected chi connectivity index (χ0v) is 15.5. The molecule has 6 nitrogen and oxygen atoms in total. The smallest absolute Gasteiger partial charge is 0.324 e. The van der Waals surface area contributed by atoms with Gasteiger partial charge in [0.15, 0.2) is 0 Å². The van der Waals surface area contributed by atoms with Crippen LogP contribution in [0.25, 0.3) is 0 Å². The number of halogens is 1. The number of carbonyl (C=O) groups is 3. The molecular formula is C20H18ClN3O3. The number of urea groups is 1. The molecule has 2 aromatic rings. The Labute approximate surface area is 161 Å². The minimum absolute atomic E-state index is 0.337. The number of hydrogen-bond acceptors (Lipinski definition) is 3. The lowest BCUT2D eigenvalue weighted by Gasteiger charge is -2.22. The fourth-order valence-corrected chi connectivity index (χ4v) is 4.06. The van der Waals surface area contributed by atoms with Crippen molar-refractivity contribution in [2.75, 3.05) is 11.9 Å². The molecule has 0 unspecified atom stereocenters. The minimum atomic E-state index is -1.05. The number of nitrogens with zero attached hydrogens (tertiary/aromatic N) is 1. The van der Waals surface area contributed by atoms with Crippen molar-refractivity contribution >= 4 is 35.1 Å². The monoisotopic (exact) mass is 383 g/mol. The maximum atomic E-state index is 13.0. The van der Waals surface area contributed by atoms with E-state index >= 15 is 0 Å². The van der Waals surface area contributed by atoms with E-state index < -0.39 is 17.5 Å². The lowest BCUT2D eigenvalue weighted by molar-refractivity contribution is -0.134. The van der Waals surface area contributed by atoms with Crippen LogP contribution >= 0.6 is 11.6 Å². The number of aryl methyl sites for hydroxylation is 2. The van der Waals surface area contributed by atoms with Gasteiger partial charge in [0.1, 0.15) is 12.1 Å². The van der Waals surface area contributed by atoms with Gasteiger partial charge in [-0.2, -0.15) is 0 Å². The Hall–Kier alpha value is -2.86. The summed E-state index contributed by atoms with van der Waals surface area (Å²) in [6.45, 7) is 1.48. The van der Waals surface area contributed by atoms with Gasteiger partial charge in [0.05, 0.1) is 0 Å². The lowest BCUT2D eigenvalue weighted by Crippen LogP contribution is -2.43. The van der Waals surface area contributed by atoms with Crippen LogP contribution in [-0.2, 0) is 21.5 Å². The van der Waals surface area contributed by atoms with E-state index in [-0.39, 0.29) is 12.5 Å². The molecule has 1 saturated heterocycles. The number of carbonyl (C=O) groups excluding carboxylic acids is 3. The summed E-state index contributed by atoms with van der Waals surface area (Å²) in [6.07, 6.45) is 1.22. The SMILES string of the molecule is Cc1cc(Cl)ccc1NC(=O)CN1C(=O)N[C@@]2(CCc3ccccc32)C1=O.